The van der Waals surface area contributed by atoms with E-state index in [-0.39, 0.29) is 16.0 Å². The van der Waals surface area contributed by atoms with Crippen molar-refractivity contribution in [2.75, 3.05) is 19.0 Å². The molecule has 19 heavy (non-hydrogen) atoms. The molecule has 5 nitrogen and oxygen atoms in total. The van der Waals surface area contributed by atoms with Crippen LogP contribution in [0.15, 0.2) is 18.2 Å². The van der Waals surface area contributed by atoms with Gasteiger partial charge in [-0.15, -0.1) is 0 Å². The van der Waals surface area contributed by atoms with Crippen molar-refractivity contribution in [2.24, 2.45) is 11.3 Å². The normalized spacial score (nSPS) is 11.5. The van der Waals surface area contributed by atoms with E-state index in [1.807, 2.05) is 0 Å². The van der Waals surface area contributed by atoms with Gasteiger partial charge in [-0.2, -0.15) is 0 Å². The zero-order valence-corrected chi connectivity index (χ0v) is 12.2. The number of nitrogens with one attached hydrogen (secondary N) is 1. The zero-order valence-electron chi connectivity index (χ0n) is 12.2. The average Bonchev–Trinajstić information content (AvgIpc) is 2.35. The lowest BCUT2D eigenvalue weighted by Crippen LogP contribution is -2.28. The topological polar surface area (TPSA) is 64.4 Å². The second kappa shape index (κ2) is 5.91. The molecule has 106 valence electrons. The number of anilines is 1. The Morgan fingerprint density at radius 1 is 1.42 bits per heavy atom. The van der Waals surface area contributed by atoms with Crippen LogP contribution in [0.25, 0.3) is 0 Å². The van der Waals surface area contributed by atoms with Crippen LogP contribution >= 0.6 is 0 Å². The molecular formula is C14H22N2O3. The molecule has 0 saturated heterocycles. The van der Waals surface area contributed by atoms with Crippen LogP contribution in [0.5, 0.6) is 5.75 Å². The summed E-state index contributed by atoms with van der Waals surface area (Å²) in [4.78, 5) is 10.6. The van der Waals surface area contributed by atoms with Gasteiger partial charge in [-0.25, -0.2) is 0 Å². The van der Waals surface area contributed by atoms with Crippen molar-refractivity contribution in [3.63, 3.8) is 0 Å². The highest BCUT2D eigenvalue weighted by Crippen LogP contribution is 2.32. The molecule has 0 unspecified atom stereocenters. The molecule has 5 heteroatoms. The molecule has 0 saturated carbocycles. The van der Waals surface area contributed by atoms with E-state index >= 15 is 0 Å². The molecule has 1 aromatic rings. The number of hydrogen-bond donors (Lipinski definition) is 1. The number of nitro benzene ring substituents is 1. The Kier molecular flexibility index (Phi) is 4.75. The fraction of sp³-hybridized carbons (Fsp3) is 0.571. The summed E-state index contributed by atoms with van der Waals surface area (Å²) in [6.45, 7) is 9.22. The van der Waals surface area contributed by atoms with E-state index in [9.17, 15) is 10.1 Å². The molecule has 0 atom stereocenters. The van der Waals surface area contributed by atoms with Gasteiger partial charge in [-0.05, 0) is 17.4 Å². The van der Waals surface area contributed by atoms with Crippen LogP contribution in [0.4, 0.5) is 11.4 Å². The lowest BCUT2D eigenvalue weighted by atomic mass is 9.81. The molecule has 1 N–H and O–H groups in total. The van der Waals surface area contributed by atoms with Gasteiger partial charge in [0.1, 0.15) is 11.4 Å². The van der Waals surface area contributed by atoms with Gasteiger partial charge in [-0.1, -0.05) is 27.7 Å². The third kappa shape index (κ3) is 3.84. The van der Waals surface area contributed by atoms with Crippen LogP contribution in [0.1, 0.15) is 27.7 Å². The van der Waals surface area contributed by atoms with Crippen molar-refractivity contribution in [2.45, 2.75) is 27.7 Å². The fourth-order valence-electron chi connectivity index (χ4n) is 1.47. The lowest BCUT2D eigenvalue weighted by Gasteiger charge is -2.29. The van der Waals surface area contributed by atoms with E-state index in [4.69, 9.17) is 4.74 Å². The average molecular weight is 266 g/mol. The summed E-state index contributed by atoms with van der Waals surface area (Å²) in [5, 5.41) is 14.2. The van der Waals surface area contributed by atoms with Gasteiger partial charge in [0.15, 0.2) is 0 Å². The minimum absolute atomic E-state index is 0.0525. The molecule has 0 spiro atoms. The van der Waals surface area contributed by atoms with Gasteiger partial charge in [0.05, 0.1) is 12.0 Å². The molecule has 0 bridgehead atoms. The number of methoxy groups -OCH3 is 1. The molecule has 1 aromatic carbocycles. The van der Waals surface area contributed by atoms with Gasteiger partial charge in [0.2, 0.25) is 0 Å². The molecule has 0 amide bonds. The molecular weight excluding hydrogens is 244 g/mol. The zero-order chi connectivity index (χ0) is 14.6. The maximum Gasteiger partial charge on any atom is 0.292 e. The quantitative estimate of drug-likeness (QED) is 0.630. The Bertz CT molecular complexity index is 456. The number of rotatable bonds is 6. The molecule has 0 fully saturated rings. The summed E-state index contributed by atoms with van der Waals surface area (Å²) in [6, 6.07) is 4.72. The van der Waals surface area contributed by atoms with Crippen molar-refractivity contribution >= 4 is 11.4 Å². The second-order valence-electron chi connectivity index (χ2n) is 5.64. The summed E-state index contributed by atoms with van der Waals surface area (Å²) < 4.78 is 5.11. The van der Waals surface area contributed by atoms with Crippen molar-refractivity contribution < 1.29 is 9.66 Å². The van der Waals surface area contributed by atoms with Crippen LogP contribution in [0.2, 0.25) is 0 Å². The highest BCUT2D eigenvalue weighted by atomic mass is 16.6. The standard InChI is InChI=1S/C14H22N2O3/c1-10(2)14(3,4)9-15-12-8-11(19-5)6-7-13(12)16(17)18/h6-8,10,15H,9H2,1-5H3. The van der Waals surface area contributed by atoms with Crippen LogP contribution in [0.3, 0.4) is 0 Å². The van der Waals surface area contributed by atoms with E-state index in [0.717, 1.165) is 0 Å². The summed E-state index contributed by atoms with van der Waals surface area (Å²) in [5.41, 5.74) is 0.621. The van der Waals surface area contributed by atoms with Gasteiger partial charge in [0.25, 0.3) is 5.69 Å². The maximum absolute atomic E-state index is 11.0. The molecule has 0 aromatic heterocycles. The van der Waals surface area contributed by atoms with Gasteiger partial charge < -0.3 is 10.1 Å². The van der Waals surface area contributed by atoms with Gasteiger partial charge in [0, 0.05) is 18.7 Å². The number of hydrogen-bond acceptors (Lipinski definition) is 4. The smallest absolute Gasteiger partial charge is 0.292 e. The Labute approximate surface area is 114 Å². The number of benzene rings is 1. The summed E-state index contributed by atoms with van der Waals surface area (Å²) in [7, 11) is 1.54. The Morgan fingerprint density at radius 2 is 2.05 bits per heavy atom. The van der Waals surface area contributed by atoms with Crippen LogP contribution < -0.4 is 10.1 Å². The van der Waals surface area contributed by atoms with E-state index in [2.05, 4.69) is 33.0 Å². The van der Waals surface area contributed by atoms with Gasteiger partial charge >= 0.3 is 0 Å². The highest BCUT2D eigenvalue weighted by molar-refractivity contribution is 5.64. The second-order valence-corrected chi connectivity index (χ2v) is 5.64. The minimum Gasteiger partial charge on any atom is -0.497 e. The minimum atomic E-state index is -0.385. The van der Waals surface area contributed by atoms with Gasteiger partial charge in [-0.3, -0.25) is 10.1 Å². The first-order valence-corrected chi connectivity index (χ1v) is 6.34. The van der Waals surface area contributed by atoms with Crippen molar-refractivity contribution in [3.05, 3.63) is 28.3 Å². The Balaban J connectivity index is 2.95. The summed E-state index contributed by atoms with van der Waals surface area (Å²) in [5.74, 6) is 1.08. The summed E-state index contributed by atoms with van der Waals surface area (Å²) in [6.07, 6.45) is 0. The van der Waals surface area contributed by atoms with Crippen molar-refractivity contribution in [1.29, 1.82) is 0 Å². The third-order valence-electron chi connectivity index (χ3n) is 3.70. The summed E-state index contributed by atoms with van der Waals surface area (Å²) >= 11 is 0. The fourth-order valence-corrected chi connectivity index (χ4v) is 1.47. The number of ether oxygens (including phenoxy) is 1. The maximum atomic E-state index is 11.0. The van der Waals surface area contributed by atoms with E-state index < -0.39 is 0 Å². The SMILES string of the molecule is COc1ccc([N+](=O)[O-])c(NCC(C)(C)C(C)C)c1. The number of nitro groups is 1. The van der Waals surface area contributed by atoms with Crippen LogP contribution in [0, 0.1) is 21.4 Å². The molecule has 0 aliphatic carbocycles. The largest absolute Gasteiger partial charge is 0.497 e. The first kappa shape index (κ1) is 15.3. The molecule has 0 heterocycles. The lowest BCUT2D eigenvalue weighted by molar-refractivity contribution is -0.384. The predicted octanol–water partition coefficient (Wildman–Crippen LogP) is 3.70. The third-order valence-corrected chi connectivity index (χ3v) is 3.70. The first-order chi connectivity index (χ1) is 8.77. The first-order valence-electron chi connectivity index (χ1n) is 6.34. The Morgan fingerprint density at radius 3 is 2.53 bits per heavy atom. The molecule has 0 aliphatic rings. The monoisotopic (exact) mass is 266 g/mol. The number of nitrogens with zero attached hydrogens (tertiary/aromatic N) is 1. The molecule has 0 aliphatic heterocycles. The molecule has 1 rings (SSSR count). The highest BCUT2D eigenvalue weighted by Gasteiger charge is 2.23. The van der Waals surface area contributed by atoms with E-state index in [1.54, 1.807) is 19.2 Å². The predicted molar refractivity (Wildman–Crippen MR) is 76.8 cm³/mol. The van der Waals surface area contributed by atoms with E-state index in [0.29, 0.717) is 23.9 Å². The van der Waals surface area contributed by atoms with Crippen LogP contribution in [-0.2, 0) is 0 Å². The Hall–Kier alpha value is -1.78. The van der Waals surface area contributed by atoms with E-state index in [1.165, 1.54) is 6.07 Å². The van der Waals surface area contributed by atoms with Crippen LogP contribution in [-0.4, -0.2) is 18.6 Å². The molecule has 0 radical (unpaired) electrons. The van der Waals surface area contributed by atoms with Crippen molar-refractivity contribution in [1.82, 2.24) is 0 Å². The van der Waals surface area contributed by atoms with Crippen molar-refractivity contribution in [3.8, 4) is 5.75 Å².